The molecule has 0 N–H and O–H groups in total. The number of carbonyl (C=O) groups is 1. The highest BCUT2D eigenvalue weighted by Gasteiger charge is 2.50. The van der Waals surface area contributed by atoms with Crippen LogP contribution >= 0.6 is 0 Å². The van der Waals surface area contributed by atoms with Crippen LogP contribution < -0.4 is 13.8 Å². The number of anilines is 1. The second kappa shape index (κ2) is 15.4. The van der Waals surface area contributed by atoms with Crippen LogP contribution in [0.5, 0.6) is 11.6 Å². The van der Waals surface area contributed by atoms with E-state index in [1.165, 1.54) is 19.1 Å². The molecule has 1 aromatic heterocycles. The van der Waals surface area contributed by atoms with Gasteiger partial charge < -0.3 is 23.3 Å². The zero-order valence-electron chi connectivity index (χ0n) is 30.2. The fraction of sp³-hybridized carbons (Fsp3) is 0.514. The molecule has 14 heteroatoms. The number of nitrogens with zero attached hydrogens (tertiary/aromatic N) is 2. The van der Waals surface area contributed by atoms with Crippen molar-refractivity contribution in [1.29, 1.82) is 0 Å². The summed E-state index contributed by atoms with van der Waals surface area (Å²) in [4.78, 5) is 20.0. The minimum Gasteiger partial charge on any atom is -0.493 e. The highest BCUT2D eigenvalue weighted by molar-refractivity contribution is 7.88. The number of aryl methyl sites for hydroxylation is 1. The van der Waals surface area contributed by atoms with Gasteiger partial charge in [0.05, 0.1) is 29.6 Å². The normalized spacial score (nSPS) is 15.8. The molecule has 0 saturated carbocycles. The molecule has 3 aromatic rings. The van der Waals surface area contributed by atoms with E-state index in [9.17, 15) is 30.8 Å². The lowest BCUT2D eigenvalue weighted by atomic mass is 9.82. The number of alkyl halides is 3. The molecule has 1 aliphatic rings. The Morgan fingerprint density at radius 2 is 1.57 bits per heavy atom. The third kappa shape index (κ3) is 10.3. The van der Waals surface area contributed by atoms with Crippen LogP contribution in [-0.2, 0) is 30.8 Å². The van der Waals surface area contributed by atoms with E-state index in [4.69, 9.17) is 18.4 Å². The lowest BCUT2D eigenvalue weighted by Gasteiger charge is -2.41. The maximum Gasteiger partial charge on any atom is 0.534 e. The first-order valence-electron chi connectivity index (χ1n) is 16.7. The number of carbonyl (C=O) groups excluding carboxylic acids is 1. The molecule has 51 heavy (non-hydrogen) atoms. The van der Waals surface area contributed by atoms with Gasteiger partial charge in [0.1, 0.15) is 11.6 Å². The van der Waals surface area contributed by atoms with Gasteiger partial charge in [-0.3, -0.25) is 0 Å². The molecule has 1 atom stereocenters. The number of piperidine rings is 1. The summed E-state index contributed by atoms with van der Waals surface area (Å²) in [7, 11) is -6.16. The van der Waals surface area contributed by atoms with Crippen molar-refractivity contribution in [2.24, 2.45) is 5.41 Å². The van der Waals surface area contributed by atoms with Gasteiger partial charge in [0.25, 0.3) is 0 Å². The van der Waals surface area contributed by atoms with E-state index >= 15 is 0 Å². The molecule has 9 nitrogen and oxygen atoms in total. The number of rotatable bonds is 12. The van der Waals surface area contributed by atoms with Gasteiger partial charge in [-0.1, -0.05) is 38.1 Å². The summed E-state index contributed by atoms with van der Waals surface area (Å²) < 4.78 is 102. The Labute approximate surface area is 297 Å². The molecular formula is C37H46F4N2O7S. The number of hydrogen-bond donors (Lipinski definition) is 0. The molecule has 0 amide bonds. The van der Waals surface area contributed by atoms with Gasteiger partial charge in [-0.15, -0.1) is 0 Å². The van der Waals surface area contributed by atoms with Crippen molar-refractivity contribution in [3.63, 3.8) is 0 Å². The van der Waals surface area contributed by atoms with E-state index in [0.29, 0.717) is 38.1 Å². The first-order valence-corrected chi connectivity index (χ1v) is 18.1. The Hall–Kier alpha value is -3.91. The number of benzene rings is 2. The Morgan fingerprint density at radius 1 is 0.980 bits per heavy atom. The van der Waals surface area contributed by atoms with Gasteiger partial charge in [0.2, 0.25) is 5.88 Å². The van der Waals surface area contributed by atoms with Crippen LogP contribution in [0.1, 0.15) is 84.2 Å². The van der Waals surface area contributed by atoms with Crippen LogP contribution in [0.15, 0.2) is 48.5 Å². The molecule has 0 radical (unpaired) electrons. The lowest BCUT2D eigenvalue weighted by molar-refractivity contribution is -0.171. The van der Waals surface area contributed by atoms with E-state index in [-0.39, 0.29) is 45.9 Å². The maximum atomic E-state index is 13.8. The van der Waals surface area contributed by atoms with Gasteiger partial charge >= 0.3 is 21.6 Å². The van der Waals surface area contributed by atoms with Crippen LogP contribution in [0.2, 0.25) is 0 Å². The van der Waals surface area contributed by atoms with E-state index in [0.717, 1.165) is 5.56 Å². The van der Waals surface area contributed by atoms with E-state index in [1.54, 1.807) is 71.0 Å². The molecule has 0 aliphatic carbocycles. The summed E-state index contributed by atoms with van der Waals surface area (Å²) in [5.74, 6) is -1.47. The second-order valence-electron chi connectivity index (χ2n) is 14.6. The Kier molecular flexibility index (Phi) is 12.0. The van der Waals surface area contributed by atoms with E-state index in [2.05, 4.69) is 18.8 Å². The smallest absolute Gasteiger partial charge is 0.493 e. The monoisotopic (exact) mass is 738 g/mol. The predicted molar refractivity (Wildman–Crippen MR) is 186 cm³/mol. The van der Waals surface area contributed by atoms with Crippen molar-refractivity contribution in [3.05, 3.63) is 71.2 Å². The Morgan fingerprint density at radius 3 is 2.10 bits per heavy atom. The highest BCUT2D eigenvalue weighted by Crippen LogP contribution is 2.48. The maximum absolute atomic E-state index is 13.8. The number of ether oxygens (including phenoxy) is 3. The third-order valence-corrected chi connectivity index (χ3v) is 9.23. The standard InChI is InChI=1S/C37H46F4N2O7S/c1-23(2)48-34(44)32(49-35(4,5)6)29-24(3)42-33(50-51(45,46)37(39,40)41)30(31(29)43-20-18-36(7,8)19-21-43)26-11-15-28(16-12-26)47-22-17-25-9-13-27(38)14-10-25/h9-16,23,32H,17-22H2,1-8H3. The van der Waals surface area contributed by atoms with Crippen molar-refractivity contribution in [3.8, 4) is 22.8 Å². The molecule has 4 rings (SSSR count). The van der Waals surface area contributed by atoms with Crippen LogP contribution in [0.4, 0.5) is 23.2 Å². The molecule has 1 saturated heterocycles. The summed E-state index contributed by atoms with van der Waals surface area (Å²) in [5, 5.41) is 0. The lowest BCUT2D eigenvalue weighted by Crippen LogP contribution is -2.39. The average Bonchev–Trinajstić information content (AvgIpc) is 3.00. The molecule has 2 aromatic carbocycles. The van der Waals surface area contributed by atoms with Crippen molar-refractivity contribution in [2.75, 3.05) is 24.6 Å². The fourth-order valence-electron chi connectivity index (χ4n) is 5.65. The SMILES string of the molecule is Cc1nc(OS(=O)(=O)C(F)(F)F)c(-c2ccc(OCCc3ccc(F)cc3)cc2)c(N2CCC(C)(C)CC2)c1C(OC(C)(C)C)C(=O)OC(C)C. The number of esters is 1. The van der Waals surface area contributed by atoms with Crippen molar-refractivity contribution in [2.45, 2.75) is 98.0 Å². The van der Waals surface area contributed by atoms with E-state index < -0.39 is 45.3 Å². The summed E-state index contributed by atoms with van der Waals surface area (Å²) in [6.45, 7) is 15.4. The zero-order chi connectivity index (χ0) is 37.9. The topological polar surface area (TPSA) is 104 Å². The highest BCUT2D eigenvalue weighted by atomic mass is 32.2. The summed E-state index contributed by atoms with van der Waals surface area (Å²) in [5.41, 5.74) is -5.13. The van der Waals surface area contributed by atoms with Crippen LogP contribution in [0.25, 0.3) is 11.1 Å². The van der Waals surface area contributed by atoms with Crippen LogP contribution in [-0.4, -0.2) is 56.3 Å². The summed E-state index contributed by atoms with van der Waals surface area (Å²) in [6.07, 6.45) is -0.0484. The van der Waals surface area contributed by atoms with Gasteiger partial charge in [0, 0.05) is 30.8 Å². The fourth-order valence-corrected chi connectivity index (χ4v) is 6.08. The predicted octanol–water partition coefficient (Wildman–Crippen LogP) is 8.48. The van der Waals surface area contributed by atoms with Gasteiger partial charge in [-0.2, -0.15) is 21.6 Å². The van der Waals surface area contributed by atoms with Gasteiger partial charge in [0.15, 0.2) is 6.10 Å². The Balaban J connectivity index is 1.93. The molecule has 280 valence electrons. The van der Waals surface area contributed by atoms with Gasteiger partial charge in [-0.05, 0) is 95.2 Å². The number of aromatic nitrogens is 1. The molecule has 1 aliphatic heterocycles. The summed E-state index contributed by atoms with van der Waals surface area (Å²) in [6, 6.07) is 12.3. The molecule has 2 heterocycles. The van der Waals surface area contributed by atoms with Gasteiger partial charge in [-0.25, -0.2) is 14.2 Å². The molecule has 0 bridgehead atoms. The minimum absolute atomic E-state index is 0.0293. The average molecular weight is 739 g/mol. The Bertz CT molecular complexity index is 1780. The molecule has 1 fully saturated rings. The second-order valence-corrected chi connectivity index (χ2v) is 16.2. The van der Waals surface area contributed by atoms with Crippen molar-refractivity contribution >= 4 is 21.8 Å². The molecule has 1 unspecified atom stereocenters. The first kappa shape index (κ1) is 39.9. The number of pyridine rings is 1. The third-order valence-electron chi connectivity index (χ3n) is 8.29. The number of halogens is 4. The minimum atomic E-state index is -6.16. The first-order chi connectivity index (χ1) is 23.6. The number of hydrogen-bond acceptors (Lipinski definition) is 9. The van der Waals surface area contributed by atoms with Crippen molar-refractivity contribution in [1.82, 2.24) is 4.98 Å². The largest absolute Gasteiger partial charge is 0.534 e. The van der Waals surface area contributed by atoms with Crippen LogP contribution in [0.3, 0.4) is 0 Å². The molecular weight excluding hydrogens is 692 g/mol. The zero-order valence-corrected chi connectivity index (χ0v) is 31.0. The summed E-state index contributed by atoms with van der Waals surface area (Å²) >= 11 is 0. The van der Waals surface area contributed by atoms with E-state index in [1.807, 2.05) is 4.90 Å². The quantitative estimate of drug-likeness (QED) is 0.0784. The van der Waals surface area contributed by atoms with Crippen molar-refractivity contribution < 1.29 is 49.2 Å². The molecule has 0 spiro atoms. The van der Waals surface area contributed by atoms with Crippen LogP contribution in [0, 0.1) is 18.2 Å².